The maximum Gasteiger partial charge on any atom is 0.426 e. The molecule has 0 unspecified atom stereocenters. The summed E-state index contributed by atoms with van der Waals surface area (Å²) >= 11 is 0.901. The number of carbonyl (C=O) groups excluding carboxylic acids is 3. The van der Waals surface area contributed by atoms with Gasteiger partial charge in [0.15, 0.2) is 11.5 Å². The second-order valence-corrected chi connectivity index (χ2v) is 8.22. The van der Waals surface area contributed by atoms with Crippen LogP contribution >= 0.6 is 12.1 Å². The minimum absolute atomic E-state index is 0.0617. The van der Waals surface area contributed by atoms with Crippen LogP contribution in [0.1, 0.15) is 40.5 Å². The van der Waals surface area contributed by atoms with Crippen LogP contribution in [0.3, 0.4) is 0 Å². The summed E-state index contributed by atoms with van der Waals surface area (Å²) in [5, 5.41) is 0. The Morgan fingerprint density at radius 2 is 1.68 bits per heavy atom. The number of likely N-dealkylation sites (N-methyl/N-ethyl adjacent to an activating group) is 1. The lowest BCUT2D eigenvalue weighted by Gasteiger charge is -2.25. The van der Waals surface area contributed by atoms with E-state index < -0.39 is 12.2 Å². The molecule has 0 saturated heterocycles. The number of hydrogen-bond donors (Lipinski definition) is 0. The van der Waals surface area contributed by atoms with Crippen molar-refractivity contribution in [2.75, 3.05) is 33.8 Å². The van der Waals surface area contributed by atoms with Gasteiger partial charge in [-0.2, -0.15) is 0 Å². The zero-order valence-corrected chi connectivity index (χ0v) is 19.9. The van der Waals surface area contributed by atoms with Crippen LogP contribution in [-0.2, 0) is 9.53 Å². The van der Waals surface area contributed by atoms with E-state index in [0.717, 1.165) is 25.0 Å². The highest BCUT2D eigenvalue weighted by atomic mass is 32.2. The first kappa shape index (κ1) is 26.4. The molecule has 0 heterocycles. The van der Waals surface area contributed by atoms with Crippen molar-refractivity contribution >= 4 is 30.2 Å². The first-order valence-electron chi connectivity index (χ1n) is 10.2. The van der Waals surface area contributed by atoms with Crippen molar-refractivity contribution in [3.8, 4) is 11.5 Å². The molecule has 0 aromatic heterocycles. The minimum Gasteiger partial charge on any atom is -0.487 e. The molecule has 0 bridgehead atoms. The smallest absolute Gasteiger partial charge is 0.426 e. The van der Waals surface area contributed by atoms with Crippen LogP contribution in [-0.4, -0.2) is 71.5 Å². The van der Waals surface area contributed by atoms with Crippen LogP contribution in [0.2, 0.25) is 0 Å². The van der Waals surface area contributed by atoms with Crippen LogP contribution in [0.25, 0.3) is 0 Å². The van der Waals surface area contributed by atoms with Crippen LogP contribution in [0.4, 0.5) is 9.59 Å². The predicted molar refractivity (Wildman–Crippen MR) is 120 cm³/mol. The van der Waals surface area contributed by atoms with Crippen molar-refractivity contribution in [3.05, 3.63) is 24.3 Å². The number of hydrogen-bond acceptors (Lipinski definition) is 7. The molecule has 0 spiro atoms. The highest BCUT2D eigenvalue weighted by Gasteiger charge is 2.23. The van der Waals surface area contributed by atoms with E-state index in [4.69, 9.17) is 14.2 Å². The summed E-state index contributed by atoms with van der Waals surface area (Å²) in [6.07, 6.45) is 0.289. The van der Waals surface area contributed by atoms with E-state index in [1.165, 1.54) is 27.5 Å². The first-order chi connectivity index (χ1) is 14.6. The molecule has 31 heavy (non-hydrogen) atoms. The molecule has 1 aromatic rings. The number of unbranched alkanes of at least 4 members (excludes halogenated alkanes) is 1. The topological polar surface area (TPSA) is 88.6 Å². The summed E-state index contributed by atoms with van der Waals surface area (Å²) in [5.74, 6) is 0.641. The van der Waals surface area contributed by atoms with Gasteiger partial charge in [-0.3, -0.25) is 4.79 Å². The van der Waals surface area contributed by atoms with Gasteiger partial charge in [0.2, 0.25) is 5.91 Å². The first-order valence-corrected chi connectivity index (χ1v) is 10.9. The molecule has 3 amide bonds. The monoisotopic (exact) mass is 455 g/mol. The highest BCUT2D eigenvalue weighted by molar-refractivity contribution is 7.95. The van der Waals surface area contributed by atoms with E-state index in [0.29, 0.717) is 18.0 Å². The number of benzene rings is 1. The van der Waals surface area contributed by atoms with Gasteiger partial charge < -0.3 is 19.1 Å². The molecule has 0 aliphatic heterocycles. The molecule has 0 aliphatic carbocycles. The lowest BCUT2D eigenvalue weighted by molar-refractivity contribution is -0.128. The van der Waals surface area contributed by atoms with E-state index in [9.17, 15) is 14.4 Å². The third-order valence-corrected chi connectivity index (χ3v) is 4.92. The predicted octanol–water partition coefficient (Wildman–Crippen LogP) is 4.18. The van der Waals surface area contributed by atoms with E-state index in [1.807, 2.05) is 20.8 Å². The lowest BCUT2D eigenvalue weighted by atomic mass is 10.3. The number of carbonyl (C=O) groups is 3. The Labute approximate surface area is 188 Å². The fourth-order valence-electron chi connectivity index (χ4n) is 2.19. The van der Waals surface area contributed by atoms with E-state index in [-0.39, 0.29) is 25.2 Å². The Hall–Kier alpha value is -2.62. The van der Waals surface area contributed by atoms with E-state index >= 15 is 0 Å². The Kier molecular flexibility index (Phi) is 11.6. The third-order valence-electron chi connectivity index (χ3n) is 4.00. The summed E-state index contributed by atoms with van der Waals surface area (Å²) < 4.78 is 18.9. The average Bonchev–Trinajstić information content (AvgIpc) is 2.71. The number of amides is 3. The summed E-state index contributed by atoms with van der Waals surface area (Å²) in [6.45, 7) is 7.95. The van der Waals surface area contributed by atoms with Gasteiger partial charge >= 0.3 is 12.2 Å². The molecule has 1 aromatic carbocycles. The van der Waals surface area contributed by atoms with Crippen LogP contribution < -0.4 is 9.47 Å². The normalized spacial score (nSPS) is 10.4. The van der Waals surface area contributed by atoms with Crippen LogP contribution in [0.15, 0.2) is 24.3 Å². The molecule has 0 atom stereocenters. The Balaban J connectivity index is 2.71. The molecule has 174 valence electrons. The Morgan fingerprint density at radius 3 is 2.26 bits per heavy atom. The quantitative estimate of drug-likeness (QED) is 0.462. The van der Waals surface area contributed by atoms with Crippen molar-refractivity contribution in [2.24, 2.45) is 0 Å². The largest absolute Gasteiger partial charge is 0.487 e. The fraction of sp³-hybridized carbons (Fsp3) is 0.571. The van der Waals surface area contributed by atoms with Gasteiger partial charge in [0, 0.05) is 27.6 Å². The van der Waals surface area contributed by atoms with Crippen molar-refractivity contribution < 1.29 is 28.6 Å². The second-order valence-electron chi connectivity index (χ2n) is 7.07. The lowest BCUT2D eigenvalue weighted by Crippen LogP contribution is -2.35. The number of para-hydroxylation sites is 2. The standard InChI is InChI=1S/C21H33N3O6S/c1-7-8-13-24(21(27)28-15-14-22(5)17(4)25)31-23(6)20(26)30-19-12-10-9-11-18(19)29-16(2)3/h9-12,16H,7-8,13-15H2,1-6H3. The highest BCUT2D eigenvalue weighted by Crippen LogP contribution is 2.29. The van der Waals surface area contributed by atoms with Gasteiger partial charge in [0.25, 0.3) is 0 Å². The Morgan fingerprint density at radius 1 is 1.03 bits per heavy atom. The molecule has 0 radical (unpaired) electrons. The summed E-state index contributed by atoms with van der Waals surface area (Å²) in [7, 11) is 3.14. The van der Waals surface area contributed by atoms with Crippen LogP contribution in [0, 0.1) is 0 Å². The molecular formula is C21H33N3O6S. The molecular weight excluding hydrogens is 422 g/mol. The van der Waals surface area contributed by atoms with Gasteiger partial charge in [-0.05, 0) is 32.4 Å². The number of rotatable bonds is 11. The third kappa shape index (κ3) is 9.82. The zero-order valence-electron chi connectivity index (χ0n) is 19.1. The van der Waals surface area contributed by atoms with Crippen LogP contribution in [0.5, 0.6) is 11.5 Å². The molecule has 0 N–H and O–H groups in total. The molecule has 9 nitrogen and oxygen atoms in total. The van der Waals surface area contributed by atoms with Gasteiger partial charge in [0.1, 0.15) is 6.61 Å². The van der Waals surface area contributed by atoms with Crippen molar-refractivity contribution in [1.82, 2.24) is 13.5 Å². The maximum absolute atomic E-state index is 12.6. The van der Waals surface area contributed by atoms with E-state index in [2.05, 4.69) is 0 Å². The number of ether oxygens (including phenoxy) is 3. The summed E-state index contributed by atoms with van der Waals surface area (Å²) in [5.41, 5.74) is 0. The zero-order chi connectivity index (χ0) is 23.4. The average molecular weight is 456 g/mol. The van der Waals surface area contributed by atoms with Crippen molar-refractivity contribution in [1.29, 1.82) is 0 Å². The Bertz CT molecular complexity index is 731. The van der Waals surface area contributed by atoms with Gasteiger partial charge in [-0.15, -0.1) is 0 Å². The molecule has 10 heteroatoms. The molecule has 0 aliphatic rings. The van der Waals surface area contributed by atoms with Gasteiger partial charge in [0.05, 0.1) is 24.8 Å². The molecule has 0 saturated carbocycles. The second kappa shape index (κ2) is 13.6. The SMILES string of the molecule is CCCCN(SN(C)C(=O)Oc1ccccc1OC(C)C)C(=O)OCCN(C)C(C)=O. The summed E-state index contributed by atoms with van der Waals surface area (Å²) in [4.78, 5) is 37.7. The van der Waals surface area contributed by atoms with E-state index in [1.54, 1.807) is 31.3 Å². The minimum atomic E-state index is -0.657. The maximum atomic E-state index is 12.6. The van der Waals surface area contributed by atoms with Gasteiger partial charge in [-0.25, -0.2) is 18.2 Å². The van der Waals surface area contributed by atoms with Crippen molar-refractivity contribution in [2.45, 2.75) is 46.6 Å². The fourth-order valence-corrected chi connectivity index (χ4v) is 2.92. The van der Waals surface area contributed by atoms with Crippen molar-refractivity contribution in [3.63, 3.8) is 0 Å². The van der Waals surface area contributed by atoms with Gasteiger partial charge in [-0.1, -0.05) is 25.5 Å². The molecule has 1 rings (SSSR count). The molecule has 0 fully saturated rings. The summed E-state index contributed by atoms with van der Waals surface area (Å²) in [6, 6.07) is 6.90. The number of nitrogens with zero attached hydrogens (tertiary/aromatic N) is 3.